The van der Waals surface area contributed by atoms with Crippen LogP contribution in [0.4, 0.5) is 0 Å². The van der Waals surface area contributed by atoms with Crippen molar-refractivity contribution in [1.29, 1.82) is 0 Å². The van der Waals surface area contributed by atoms with Crippen LogP contribution < -0.4 is 5.73 Å². The molecule has 0 aliphatic heterocycles. The van der Waals surface area contributed by atoms with Crippen LogP contribution >= 0.6 is 0 Å². The maximum absolute atomic E-state index is 5.59. The molecule has 1 saturated carbocycles. The molecule has 1 rings (SSSR count). The van der Waals surface area contributed by atoms with E-state index in [1.54, 1.807) is 0 Å². The van der Waals surface area contributed by atoms with Crippen LogP contribution in [-0.2, 0) is 0 Å². The molecule has 16 heavy (non-hydrogen) atoms. The highest BCUT2D eigenvalue weighted by Crippen LogP contribution is 2.36. The molecule has 1 aliphatic rings. The van der Waals surface area contributed by atoms with E-state index in [-0.39, 0.29) is 0 Å². The average molecular weight is 227 g/mol. The third-order valence-electron chi connectivity index (χ3n) is 4.08. The van der Waals surface area contributed by atoms with Crippen LogP contribution in [0.25, 0.3) is 0 Å². The maximum Gasteiger partial charge on any atom is 0.0330 e. The van der Waals surface area contributed by atoms with Gasteiger partial charge in [-0.1, -0.05) is 6.92 Å². The first-order valence-corrected chi connectivity index (χ1v) is 6.56. The lowest BCUT2D eigenvalue weighted by Gasteiger charge is -2.49. The van der Waals surface area contributed by atoms with Gasteiger partial charge >= 0.3 is 0 Å². The summed E-state index contributed by atoms with van der Waals surface area (Å²) in [5.74, 6) is 0.717. The third kappa shape index (κ3) is 3.44. The van der Waals surface area contributed by atoms with Gasteiger partial charge in [-0.05, 0) is 59.3 Å². The SMILES string of the molecule is CC(CCN)CN(C)CC1(N(C)C)CCC1. The molecule has 0 aromatic rings. The summed E-state index contributed by atoms with van der Waals surface area (Å²) in [6.07, 6.45) is 5.24. The van der Waals surface area contributed by atoms with Gasteiger partial charge in [0.15, 0.2) is 0 Å². The molecular formula is C13H29N3. The van der Waals surface area contributed by atoms with Crippen molar-refractivity contribution in [3.05, 3.63) is 0 Å². The second-order valence-electron chi connectivity index (χ2n) is 5.85. The third-order valence-corrected chi connectivity index (χ3v) is 4.08. The van der Waals surface area contributed by atoms with Crippen molar-refractivity contribution in [2.45, 2.75) is 38.1 Å². The van der Waals surface area contributed by atoms with Gasteiger partial charge < -0.3 is 15.5 Å². The van der Waals surface area contributed by atoms with Crippen molar-refractivity contribution in [2.75, 3.05) is 40.8 Å². The minimum absolute atomic E-state index is 0.456. The molecule has 0 spiro atoms. The quantitative estimate of drug-likeness (QED) is 0.713. The zero-order valence-corrected chi connectivity index (χ0v) is 11.5. The lowest BCUT2D eigenvalue weighted by Crippen LogP contribution is -2.57. The van der Waals surface area contributed by atoms with Gasteiger partial charge in [0, 0.05) is 18.6 Å². The smallest absolute Gasteiger partial charge is 0.0330 e. The van der Waals surface area contributed by atoms with Gasteiger partial charge in [0.2, 0.25) is 0 Å². The van der Waals surface area contributed by atoms with Gasteiger partial charge in [0.25, 0.3) is 0 Å². The van der Waals surface area contributed by atoms with Crippen LogP contribution in [0, 0.1) is 5.92 Å². The number of hydrogen-bond acceptors (Lipinski definition) is 3. The Hall–Kier alpha value is -0.120. The Morgan fingerprint density at radius 3 is 2.25 bits per heavy atom. The second-order valence-corrected chi connectivity index (χ2v) is 5.85. The molecule has 1 fully saturated rings. The Balaban J connectivity index is 2.35. The van der Waals surface area contributed by atoms with Crippen LogP contribution in [-0.4, -0.2) is 56.1 Å². The van der Waals surface area contributed by atoms with Crippen molar-refractivity contribution in [2.24, 2.45) is 11.7 Å². The first kappa shape index (κ1) is 13.9. The molecule has 1 aliphatic carbocycles. The van der Waals surface area contributed by atoms with Gasteiger partial charge in [-0.2, -0.15) is 0 Å². The molecule has 0 saturated heterocycles. The van der Waals surface area contributed by atoms with Crippen LogP contribution in [0.5, 0.6) is 0 Å². The van der Waals surface area contributed by atoms with E-state index in [2.05, 4.69) is 37.9 Å². The molecule has 1 atom stereocenters. The topological polar surface area (TPSA) is 32.5 Å². The van der Waals surface area contributed by atoms with Crippen LogP contribution in [0.1, 0.15) is 32.6 Å². The fourth-order valence-electron chi connectivity index (χ4n) is 2.81. The minimum atomic E-state index is 0.456. The normalized spacial score (nSPS) is 21.2. The van der Waals surface area contributed by atoms with Crippen LogP contribution in [0.15, 0.2) is 0 Å². The van der Waals surface area contributed by atoms with Crippen molar-refractivity contribution in [3.63, 3.8) is 0 Å². The Morgan fingerprint density at radius 1 is 1.25 bits per heavy atom. The summed E-state index contributed by atoms with van der Waals surface area (Å²) in [5, 5.41) is 0. The van der Waals surface area contributed by atoms with Gasteiger partial charge in [-0.15, -0.1) is 0 Å². The second kappa shape index (κ2) is 5.99. The monoisotopic (exact) mass is 227 g/mol. The Kier molecular flexibility index (Phi) is 5.22. The fraction of sp³-hybridized carbons (Fsp3) is 1.00. The predicted octanol–water partition coefficient (Wildman–Crippen LogP) is 1.39. The minimum Gasteiger partial charge on any atom is -0.330 e. The number of nitrogens with two attached hydrogens (primary N) is 1. The van der Waals surface area contributed by atoms with Gasteiger partial charge in [0.05, 0.1) is 0 Å². The molecule has 0 amide bonds. The molecule has 0 bridgehead atoms. The van der Waals surface area contributed by atoms with Crippen molar-refractivity contribution >= 4 is 0 Å². The fourth-order valence-corrected chi connectivity index (χ4v) is 2.81. The summed E-state index contributed by atoms with van der Waals surface area (Å²) < 4.78 is 0. The first-order chi connectivity index (χ1) is 7.50. The summed E-state index contributed by atoms with van der Waals surface area (Å²) >= 11 is 0. The van der Waals surface area contributed by atoms with E-state index >= 15 is 0 Å². The van der Waals surface area contributed by atoms with E-state index in [1.165, 1.54) is 32.4 Å². The number of hydrogen-bond donors (Lipinski definition) is 1. The van der Waals surface area contributed by atoms with Crippen molar-refractivity contribution < 1.29 is 0 Å². The summed E-state index contributed by atoms with van der Waals surface area (Å²) in [5.41, 5.74) is 6.05. The molecule has 0 aromatic carbocycles. The van der Waals surface area contributed by atoms with E-state index in [9.17, 15) is 0 Å². The predicted molar refractivity (Wildman–Crippen MR) is 70.6 cm³/mol. The molecular weight excluding hydrogens is 198 g/mol. The first-order valence-electron chi connectivity index (χ1n) is 6.56. The molecule has 1 unspecified atom stereocenters. The molecule has 96 valence electrons. The lowest BCUT2D eigenvalue weighted by atomic mass is 9.75. The Bertz CT molecular complexity index is 199. The summed E-state index contributed by atoms with van der Waals surface area (Å²) in [6.45, 7) is 5.49. The van der Waals surface area contributed by atoms with Gasteiger partial charge in [-0.3, -0.25) is 0 Å². The van der Waals surface area contributed by atoms with Crippen molar-refractivity contribution in [3.8, 4) is 0 Å². The lowest BCUT2D eigenvalue weighted by molar-refractivity contribution is 0.0245. The summed E-state index contributed by atoms with van der Waals surface area (Å²) in [7, 11) is 6.68. The zero-order valence-electron chi connectivity index (χ0n) is 11.5. The number of rotatable bonds is 7. The standard InChI is InChI=1S/C13H29N3/c1-12(6-9-14)10-16(4)11-13(15(2)3)7-5-8-13/h12H,5-11,14H2,1-4H3. The van der Waals surface area contributed by atoms with Crippen molar-refractivity contribution in [1.82, 2.24) is 9.80 Å². The average Bonchev–Trinajstić information content (AvgIpc) is 2.10. The van der Waals surface area contributed by atoms with E-state index in [4.69, 9.17) is 5.73 Å². The van der Waals surface area contributed by atoms with Gasteiger partial charge in [-0.25, -0.2) is 0 Å². The van der Waals surface area contributed by atoms with Crippen LogP contribution in [0.2, 0.25) is 0 Å². The summed E-state index contributed by atoms with van der Waals surface area (Å²) in [4.78, 5) is 4.90. The maximum atomic E-state index is 5.59. The molecule has 3 nitrogen and oxygen atoms in total. The number of likely N-dealkylation sites (N-methyl/N-ethyl adjacent to an activating group) is 2. The Morgan fingerprint density at radius 2 is 1.88 bits per heavy atom. The van der Waals surface area contributed by atoms with Crippen LogP contribution in [0.3, 0.4) is 0 Å². The zero-order chi connectivity index (χ0) is 12.2. The molecule has 3 heteroatoms. The highest BCUT2D eigenvalue weighted by molar-refractivity contribution is 4.97. The Labute approximate surface area is 101 Å². The summed E-state index contributed by atoms with van der Waals surface area (Å²) in [6, 6.07) is 0. The van der Waals surface area contributed by atoms with E-state index < -0.39 is 0 Å². The molecule has 0 heterocycles. The number of nitrogens with zero attached hydrogens (tertiary/aromatic N) is 2. The molecule has 2 N–H and O–H groups in total. The van der Waals surface area contributed by atoms with E-state index in [0.29, 0.717) is 11.5 Å². The highest BCUT2D eigenvalue weighted by atomic mass is 15.2. The van der Waals surface area contributed by atoms with E-state index in [0.717, 1.165) is 13.0 Å². The van der Waals surface area contributed by atoms with E-state index in [1.807, 2.05) is 0 Å². The molecule has 0 aromatic heterocycles. The highest BCUT2D eigenvalue weighted by Gasteiger charge is 2.39. The largest absolute Gasteiger partial charge is 0.330 e. The van der Waals surface area contributed by atoms with Gasteiger partial charge in [0.1, 0.15) is 0 Å². The molecule has 0 radical (unpaired) electrons.